The topological polar surface area (TPSA) is 73.1 Å². The molecule has 2 N–H and O–H groups in total. The van der Waals surface area contributed by atoms with E-state index in [2.05, 4.69) is 5.32 Å². The fraction of sp³-hybridized carbons (Fsp3) is 0. The van der Waals surface area contributed by atoms with Gasteiger partial charge in [-0.25, -0.2) is 4.39 Å². The first kappa shape index (κ1) is 13.8. The smallest absolute Gasteiger partial charge is 0.262 e. The van der Waals surface area contributed by atoms with Gasteiger partial charge in [0.2, 0.25) is 0 Å². The second kappa shape index (κ2) is 5.59. The summed E-state index contributed by atoms with van der Waals surface area (Å²) in [5.41, 5.74) is 0.0907. The third-order valence-electron chi connectivity index (χ3n) is 2.57. The molecule has 0 saturated heterocycles. The molecule has 2 rings (SSSR count). The van der Waals surface area contributed by atoms with E-state index in [0.717, 1.165) is 6.07 Å². The highest BCUT2D eigenvalue weighted by Crippen LogP contribution is 2.26. The molecule has 0 atom stereocenters. The maximum absolute atomic E-state index is 13.5. The first-order chi connectivity index (χ1) is 9.52. The largest absolute Gasteiger partial charge is 0.507 e. The van der Waals surface area contributed by atoms with Gasteiger partial charge in [0, 0.05) is 0 Å². The summed E-state index contributed by atoms with van der Waals surface area (Å²) >= 11 is 5.90. The molecular formula is C14H8ClFN2O2. The number of anilines is 1. The van der Waals surface area contributed by atoms with Crippen molar-refractivity contribution in [3.8, 4) is 11.8 Å². The molecule has 0 aromatic heterocycles. The molecule has 4 nitrogen and oxygen atoms in total. The fourth-order valence-corrected chi connectivity index (χ4v) is 1.84. The van der Waals surface area contributed by atoms with Gasteiger partial charge in [-0.05, 0) is 30.3 Å². The zero-order chi connectivity index (χ0) is 14.7. The van der Waals surface area contributed by atoms with Crippen LogP contribution in [-0.2, 0) is 0 Å². The molecule has 0 bridgehead atoms. The van der Waals surface area contributed by atoms with Gasteiger partial charge in [-0.1, -0.05) is 17.7 Å². The minimum Gasteiger partial charge on any atom is -0.507 e. The third-order valence-corrected chi connectivity index (χ3v) is 2.88. The molecule has 1 amide bonds. The summed E-state index contributed by atoms with van der Waals surface area (Å²) in [6.45, 7) is 0. The van der Waals surface area contributed by atoms with Crippen LogP contribution in [0.3, 0.4) is 0 Å². The molecule has 0 aliphatic rings. The van der Waals surface area contributed by atoms with Crippen molar-refractivity contribution in [2.75, 3.05) is 5.32 Å². The van der Waals surface area contributed by atoms with Crippen LogP contribution in [0.4, 0.5) is 10.1 Å². The highest BCUT2D eigenvalue weighted by Gasteiger charge is 2.17. The number of phenols is 1. The first-order valence-corrected chi connectivity index (χ1v) is 5.89. The van der Waals surface area contributed by atoms with E-state index in [0.29, 0.717) is 5.56 Å². The summed E-state index contributed by atoms with van der Waals surface area (Å²) in [6.07, 6.45) is 0. The van der Waals surface area contributed by atoms with Crippen LogP contribution in [0.25, 0.3) is 0 Å². The summed E-state index contributed by atoms with van der Waals surface area (Å²) in [5.74, 6) is -2.13. The minimum atomic E-state index is -0.840. The Morgan fingerprint density at radius 2 is 2.10 bits per heavy atom. The first-order valence-electron chi connectivity index (χ1n) is 5.51. The molecule has 0 radical (unpaired) electrons. The summed E-state index contributed by atoms with van der Waals surface area (Å²) in [5, 5.41) is 20.7. The quantitative estimate of drug-likeness (QED) is 0.891. The number of rotatable bonds is 2. The van der Waals surface area contributed by atoms with Gasteiger partial charge in [0.15, 0.2) is 0 Å². The van der Waals surface area contributed by atoms with Crippen LogP contribution in [0.15, 0.2) is 36.4 Å². The Bertz CT molecular complexity index is 705. The lowest BCUT2D eigenvalue weighted by atomic mass is 10.1. The molecular weight excluding hydrogens is 283 g/mol. The molecule has 0 saturated carbocycles. The fourth-order valence-electron chi connectivity index (χ4n) is 1.61. The third kappa shape index (κ3) is 2.71. The monoisotopic (exact) mass is 290 g/mol. The van der Waals surface area contributed by atoms with Gasteiger partial charge in [0.25, 0.3) is 5.91 Å². The maximum Gasteiger partial charge on any atom is 0.262 e. The lowest BCUT2D eigenvalue weighted by Crippen LogP contribution is -2.14. The second-order valence-corrected chi connectivity index (χ2v) is 4.30. The molecule has 20 heavy (non-hydrogen) atoms. The predicted molar refractivity (Wildman–Crippen MR) is 72.2 cm³/mol. The van der Waals surface area contributed by atoms with Crippen LogP contribution < -0.4 is 5.32 Å². The molecule has 100 valence electrons. The Labute approximate surface area is 119 Å². The van der Waals surface area contributed by atoms with Crippen LogP contribution >= 0.6 is 11.6 Å². The number of nitrogens with one attached hydrogen (secondary N) is 1. The summed E-state index contributed by atoms with van der Waals surface area (Å²) in [7, 11) is 0. The highest BCUT2D eigenvalue weighted by molar-refractivity contribution is 6.34. The van der Waals surface area contributed by atoms with Gasteiger partial charge >= 0.3 is 0 Å². The number of carbonyl (C=O) groups excluding carboxylic acids is 1. The van der Waals surface area contributed by atoms with E-state index >= 15 is 0 Å². The van der Waals surface area contributed by atoms with Crippen LogP contribution in [-0.4, -0.2) is 11.0 Å². The van der Waals surface area contributed by atoms with Gasteiger partial charge in [0.05, 0.1) is 22.3 Å². The molecule has 0 spiro atoms. The summed E-state index contributed by atoms with van der Waals surface area (Å²) < 4.78 is 13.5. The number of halogens is 2. The SMILES string of the molecule is N#Cc1ccc(NC(=O)c2c(O)cccc2F)c(Cl)c1. The van der Waals surface area contributed by atoms with E-state index in [1.807, 2.05) is 6.07 Å². The van der Waals surface area contributed by atoms with Crippen molar-refractivity contribution in [2.45, 2.75) is 0 Å². The van der Waals surface area contributed by atoms with Crippen LogP contribution in [0.2, 0.25) is 5.02 Å². The van der Waals surface area contributed by atoms with Gasteiger partial charge in [-0.3, -0.25) is 4.79 Å². The van der Waals surface area contributed by atoms with Gasteiger partial charge in [-0.15, -0.1) is 0 Å². The number of hydrogen-bond donors (Lipinski definition) is 2. The lowest BCUT2D eigenvalue weighted by molar-refractivity contribution is 0.102. The number of amides is 1. The number of nitrogens with zero attached hydrogens (tertiary/aromatic N) is 1. The molecule has 2 aromatic rings. The molecule has 0 heterocycles. The number of hydrogen-bond acceptors (Lipinski definition) is 3. The van der Waals surface area contributed by atoms with Crippen molar-refractivity contribution < 1.29 is 14.3 Å². The summed E-state index contributed by atoms with van der Waals surface area (Å²) in [6, 6.07) is 9.72. The number of aromatic hydroxyl groups is 1. The predicted octanol–water partition coefficient (Wildman–Crippen LogP) is 3.31. The molecule has 6 heteroatoms. The van der Waals surface area contributed by atoms with E-state index < -0.39 is 23.0 Å². The highest BCUT2D eigenvalue weighted by atomic mass is 35.5. The van der Waals surface area contributed by atoms with Crippen molar-refractivity contribution >= 4 is 23.2 Å². The van der Waals surface area contributed by atoms with E-state index in [1.165, 1.54) is 30.3 Å². The number of carbonyl (C=O) groups is 1. The zero-order valence-electron chi connectivity index (χ0n) is 10.0. The van der Waals surface area contributed by atoms with E-state index in [-0.39, 0.29) is 10.7 Å². The van der Waals surface area contributed by atoms with E-state index in [1.54, 1.807) is 0 Å². The standard InChI is InChI=1S/C14H8ClFN2O2/c15-9-6-8(7-17)4-5-11(9)18-14(20)13-10(16)2-1-3-12(13)19/h1-6,19H,(H,18,20). The van der Waals surface area contributed by atoms with Crippen LogP contribution in [0, 0.1) is 17.1 Å². The second-order valence-electron chi connectivity index (χ2n) is 3.89. The molecule has 0 fully saturated rings. The maximum atomic E-state index is 13.5. The number of benzene rings is 2. The lowest BCUT2D eigenvalue weighted by Gasteiger charge is -2.09. The Kier molecular flexibility index (Phi) is 3.87. The van der Waals surface area contributed by atoms with Crippen LogP contribution in [0.5, 0.6) is 5.75 Å². The van der Waals surface area contributed by atoms with Crippen molar-refractivity contribution in [3.63, 3.8) is 0 Å². The Hall–Kier alpha value is -2.58. The van der Waals surface area contributed by atoms with Gasteiger partial charge in [-0.2, -0.15) is 5.26 Å². The Balaban J connectivity index is 2.31. The van der Waals surface area contributed by atoms with E-state index in [9.17, 15) is 14.3 Å². The minimum absolute atomic E-state index is 0.147. The zero-order valence-corrected chi connectivity index (χ0v) is 10.8. The number of nitriles is 1. The number of phenolic OH excluding ortho intramolecular Hbond substituents is 1. The molecule has 0 aliphatic carbocycles. The Morgan fingerprint density at radius 3 is 2.70 bits per heavy atom. The molecule has 0 unspecified atom stereocenters. The normalized spacial score (nSPS) is 9.85. The van der Waals surface area contributed by atoms with Crippen molar-refractivity contribution in [2.24, 2.45) is 0 Å². The summed E-state index contributed by atoms with van der Waals surface area (Å²) in [4.78, 5) is 11.9. The van der Waals surface area contributed by atoms with Crippen molar-refractivity contribution in [1.82, 2.24) is 0 Å². The van der Waals surface area contributed by atoms with Crippen LogP contribution in [0.1, 0.15) is 15.9 Å². The van der Waals surface area contributed by atoms with Gasteiger partial charge in [0.1, 0.15) is 17.1 Å². The average Bonchev–Trinajstić information content (AvgIpc) is 2.41. The molecule has 2 aromatic carbocycles. The average molecular weight is 291 g/mol. The van der Waals surface area contributed by atoms with Crippen molar-refractivity contribution in [3.05, 3.63) is 58.4 Å². The van der Waals surface area contributed by atoms with E-state index in [4.69, 9.17) is 16.9 Å². The Morgan fingerprint density at radius 1 is 1.35 bits per heavy atom. The van der Waals surface area contributed by atoms with Crippen molar-refractivity contribution in [1.29, 1.82) is 5.26 Å². The van der Waals surface area contributed by atoms with Gasteiger partial charge < -0.3 is 10.4 Å². The molecule has 0 aliphatic heterocycles.